The summed E-state index contributed by atoms with van der Waals surface area (Å²) in [6.07, 6.45) is 0. The van der Waals surface area contributed by atoms with Gasteiger partial charge in [-0.2, -0.15) is 4.99 Å². The number of fused-ring (bicyclic) bond motifs is 1. The number of aryl methyl sites for hydroxylation is 1. The fraction of sp³-hybridized carbons (Fsp3) is 0.167. The van der Waals surface area contributed by atoms with E-state index in [1.807, 2.05) is 19.1 Å². The van der Waals surface area contributed by atoms with Crippen LogP contribution in [0.2, 0.25) is 0 Å². The molecule has 2 aliphatic heterocycles. The van der Waals surface area contributed by atoms with Gasteiger partial charge in [0.2, 0.25) is 11.5 Å². The standard InChI is InChI=1S/C12H9N5O2/c1-6-3-4-8(19-2)7(5-6)10-13-11-9(12(18)14-10)15-17-16-11/h3-5H,1-2H3. The van der Waals surface area contributed by atoms with E-state index in [4.69, 9.17) is 4.74 Å². The van der Waals surface area contributed by atoms with E-state index < -0.39 is 5.91 Å². The number of benzene rings is 1. The zero-order valence-electron chi connectivity index (χ0n) is 10.3. The fourth-order valence-electron chi connectivity index (χ4n) is 1.81. The Morgan fingerprint density at radius 1 is 1.16 bits per heavy atom. The summed E-state index contributed by atoms with van der Waals surface area (Å²) >= 11 is 0. The lowest BCUT2D eigenvalue weighted by molar-refractivity contribution is -0.111. The van der Waals surface area contributed by atoms with Crippen molar-refractivity contribution in [2.75, 3.05) is 7.11 Å². The van der Waals surface area contributed by atoms with Gasteiger partial charge in [0.05, 0.1) is 12.7 Å². The second kappa shape index (κ2) is 4.20. The van der Waals surface area contributed by atoms with Gasteiger partial charge in [0.15, 0.2) is 5.84 Å². The Hall–Kier alpha value is -2.70. The molecule has 0 radical (unpaired) electrons. The number of carbonyl (C=O) groups excluding carboxylic acids is 1. The van der Waals surface area contributed by atoms with Crippen LogP contribution in [0.1, 0.15) is 11.1 Å². The normalized spacial score (nSPS) is 16.7. The van der Waals surface area contributed by atoms with Crippen molar-refractivity contribution in [3.63, 3.8) is 0 Å². The molecular weight excluding hydrogens is 246 g/mol. The van der Waals surface area contributed by atoms with Crippen LogP contribution in [0, 0.1) is 6.92 Å². The van der Waals surface area contributed by atoms with Crippen LogP contribution < -0.4 is 4.74 Å². The predicted octanol–water partition coefficient (Wildman–Crippen LogP) is 1.51. The summed E-state index contributed by atoms with van der Waals surface area (Å²) in [5.74, 6) is 0.560. The number of hydrogen-bond donors (Lipinski definition) is 0. The highest BCUT2D eigenvalue weighted by Crippen LogP contribution is 2.23. The van der Waals surface area contributed by atoms with Crippen molar-refractivity contribution in [1.82, 2.24) is 0 Å². The van der Waals surface area contributed by atoms with Crippen molar-refractivity contribution in [1.29, 1.82) is 0 Å². The van der Waals surface area contributed by atoms with E-state index in [2.05, 4.69) is 25.4 Å². The van der Waals surface area contributed by atoms with E-state index in [1.54, 1.807) is 13.2 Å². The Balaban J connectivity index is 2.13. The van der Waals surface area contributed by atoms with E-state index in [-0.39, 0.29) is 17.4 Å². The average molecular weight is 255 g/mol. The minimum atomic E-state index is -0.492. The molecule has 0 aliphatic carbocycles. The van der Waals surface area contributed by atoms with Crippen LogP contribution in [0.5, 0.6) is 5.75 Å². The Labute approximate surface area is 108 Å². The number of rotatable bonds is 2. The molecular formula is C12H9N5O2. The molecule has 3 rings (SSSR count). The van der Waals surface area contributed by atoms with E-state index in [1.165, 1.54) is 0 Å². The molecule has 94 valence electrons. The molecule has 0 N–H and O–H groups in total. The highest BCUT2D eigenvalue weighted by Gasteiger charge is 2.28. The minimum Gasteiger partial charge on any atom is -0.496 e. The second-order valence-corrected chi connectivity index (χ2v) is 4.02. The van der Waals surface area contributed by atoms with Gasteiger partial charge in [0, 0.05) is 0 Å². The molecule has 7 heteroatoms. The summed E-state index contributed by atoms with van der Waals surface area (Å²) in [7, 11) is 1.55. The van der Waals surface area contributed by atoms with Crippen LogP contribution in [-0.2, 0) is 4.79 Å². The molecule has 0 unspecified atom stereocenters. The molecule has 0 saturated carbocycles. The van der Waals surface area contributed by atoms with E-state index >= 15 is 0 Å². The first-order chi connectivity index (χ1) is 9.19. The lowest BCUT2D eigenvalue weighted by Crippen LogP contribution is -2.26. The first-order valence-electron chi connectivity index (χ1n) is 5.55. The highest BCUT2D eigenvalue weighted by atomic mass is 16.5. The molecule has 1 aromatic carbocycles. The minimum absolute atomic E-state index is 0.0790. The maximum absolute atomic E-state index is 11.8. The number of methoxy groups -OCH3 is 1. The lowest BCUT2D eigenvalue weighted by atomic mass is 10.1. The SMILES string of the molecule is COc1ccc(C)cc1C1=NC(=O)C2=NN=NC2=N1. The summed E-state index contributed by atoms with van der Waals surface area (Å²) in [4.78, 5) is 19.9. The van der Waals surface area contributed by atoms with Gasteiger partial charge >= 0.3 is 5.91 Å². The zero-order chi connectivity index (χ0) is 13.4. The molecule has 2 heterocycles. The molecule has 0 saturated heterocycles. The number of hydrogen-bond acceptors (Lipinski definition) is 6. The van der Waals surface area contributed by atoms with Gasteiger partial charge in [0.25, 0.3) is 0 Å². The van der Waals surface area contributed by atoms with Gasteiger partial charge in [-0.05, 0) is 24.3 Å². The highest BCUT2D eigenvalue weighted by molar-refractivity contribution is 6.69. The van der Waals surface area contributed by atoms with Crippen molar-refractivity contribution in [2.24, 2.45) is 25.4 Å². The molecule has 19 heavy (non-hydrogen) atoms. The predicted molar refractivity (Wildman–Crippen MR) is 69.0 cm³/mol. The van der Waals surface area contributed by atoms with Crippen LogP contribution in [0.15, 0.2) is 43.6 Å². The number of carbonyl (C=O) groups is 1. The Morgan fingerprint density at radius 2 is 2.00 bits per heavy atom. The third kappa shape index (κ3) is 1.85. The van der Waals surface area contributed by atoms with Crippen LogP contribution >= 0.6 is 0 Å². The first kappa shape index (κ1) is 11.4. The number of aliphatic imine (C=N–C) groups is 2. The van der Waals surface area contributed by atoms with Crippen LogP contribution in [0.3, 0.4) is 0 Å². The van der Waals surface area contributed by atoms with Gasteiger partial charge in [-0.15, -0.1) is 10.2 Å². The zero-order valence-corrected chi connectivity index (χ0v) is 10.3. The molecule has 0 aromatic heterocycles. The summed E-state index contributed by atoms with van der Waals surface area (Å²) < 4.78 is 5.25. The van der Waals surface area contributed by atoms with E-state index in [0.717, 1.165) is 5.56 Å². The first-order valence-corrected chi connectivity index (χ1v) is 5.55. The molecule has 0 spiro atoms. The Morgan fingerprint density at radius 3 is 2.79 bits per heavy atom. The van der Waals surface area contributed by atoms with Gasteiger partial charge in [0.1, 0.15) is 5.75 Å². The molecule has 1 aromatic rings. The van der Waals surface area contributed by atoms with Crippen molar-refractivity contribution in [3.8, 4) is 5.75 Å². The fourth-order valence-corrected chi connectivity index (χ4v) is 1.81. The van der Waals surface area contributed by atoms with Crippen LogP contribution in [-0.4, -0.2) is 30.4 Å². The third-order valence-electron chi connectivity index (χ3n) is 2.71. The maximum atomic E-state index is 11.8. The van der Waals surface area contributed by atoms with Gasteiger partial charge in [-0.1, -0.05) is 11.6 Å². The lowest BCUT2D eigenvalue weighted by Gasteiger charge is -2.11. The summed E-state index contributed by atoms with van der Waals surface area (Å²) in [6.45, 7) is 1.93. The Bertz CT molecular complexity index is 700. The molecule has 1 amide bonds. The average Bonchev–Trinajstić information content (AvgIpc) is 2.87. The smallest absolute Gasteiger partial charge is 0.303 e. The van der Waals surface area contributed by atoms with Gasteiger partial charge in [-0.25, -0.2) is 4.99 Å². The monoisotopic (exact) mass is 255 g/mol. The van der Waals surface area contributed by atoms with Crippen molar-refractivity contribution in [3.05, 3.63) is 29.3 Å². The van der Waals surface area contributed by atoms with E-state index in [0.29, 0.717) is 11.3 Å². The van der Waals surface area contributed by atoms with Crippen molar-refractivity contribution in [2.45, 2.75) is 6.92 Å². The van der Waals surface area contributed by atoms with Gasteiger partial charge in [-0.3, -0.25) is 4.79 Å². The molecule has 7 nitrogen and oxygen atoms in total. The van der Waals surface area contributed by atoms with Crippen molar-refractivity contribution >= 4 is 23.3 Å². The summed E-state index contributed by atoms with van der Waals surface area (Å²) in [6, 6.07) is 5.56. The number of amides is 1. The number of nitrogens with zero attached hydrogens (tertiary/aromatic N) is 5. The topological polar surface area (TPSA) is 88.1 Å². The number of ether oxygens (including phenoxy) is 1. The Kier molecular flexibility index (Phi) is 2.52. The largest absolute Gasteiger partial charge is 0.496 e. The van der Waals surface area contributed by atoms with Gasteiger partial charge < -0.3 is 4.74 Å². The third-order valence-corrected chi connectivity index (χ3v) is 2.71. The quantitative estimate of drug-likeness (QED) is 0.801. The van der Waals surface area contributed by atoms with E-state index in [9.17, 15) is 4.79 Å². The maximum Gasteiger partial charge on any atom is 0.303 e. The summed E-state index contributed by atoms with van der Waals surface area (Å²) in [5, 5.41) is 10.7. The molecule has 0 atom stereocenters. The summed E-state index contributed by atoms with van der Waals surface area (Å²) in [5.41, 5.74) is 1.73. The molecule has 0 bridgehead atoms. The van der Waals surface area contributed by atoms with Crippen LogP contribution in [0.25, 0.3) is 0 Å². The molecule has 0 fully saturated rings. The van der Waals surface area contributed by atoms with Crippen molar-refractivity contribution < 1.29 is 9.53 Å². The second-order valence-electron chi connectivity index (χ2n) is 4.02. The molecule has 2 aliphatic rings. The number of amidine groups is 2. The van der Waals surface area contributed by atoms with Crippen LogP contribution in [0.4, 0.5) is 0 Å².